The average Bonchev–Trinajstić information content (AvgIpc) is 2.21. The molecule has 14 heavy (non-hydrogen) atoms. The number of hydrogen-bond donors (Lipinski definition) is 1. The Morgan fingerprint density at radius 3 is 2.50 bits per heavy atom. The van der Waals surface area contributed by atoms with Crippen LogP contribution in [0, 0.1) is 5.92 Å². The Kier molecular flexibility index (Phi) is 2.64. The number of nitrogens with zero attached hydrogens (tertiary/aromatic N) is 1. The monoisotopic (exact) mass is 196 g/mol. The molecule has 0 saturated carbocycles. The molecule has 0 aromatic rings. The Labute approximate surface area is 84.0 Å². The molecule has 1 aliphatic rings. The molecule has 4 heteroatoms. The van der Waals surface area contributed by atoms with E-state index in [1.54, 1.807) is 6.92 Å². The number of hydrogen-bond acceptors (Lipinski definition) is 2. The van der Waals surface area contributed by atoms with Crippen molar-refractivity contribution < 1.29 is 9.59 Å². The molecule has 1 aliphatic heterocycles. The topological polar surface area (TPSA) is 49.4 Å². The third-order valence-corrected chi connectivity index (χ3v) is 2.29. The lowest BCUT2D eigenvalue weighted by molar-refractivity contribution is -0.129. The molecule has 0 aliphatic carbocycles. The van der Waals surface area contributed by atoms with Gasteiger partial charge in [0.1, 0.15) is 5.54 Å². The van der Waals surface area contributed by atoms with Crippen LogP contribution in [0.5, 0.6) is 0 Å². The van der Waals surface area contributed by atoms with E-state index in [-0.39, 0.29) is 11.9 Å². The van der Waals surface area contributed by atoms with Crippen molar-refractivity contribution in [2.75, 3.05) is 0 Å². The van der Waals surface area contributed by atoms with E-state index in [0.29, 0.717) is 12.3 Å². The summed E-state index contributed by atoms with van der Waals surface area (Å²) in [6, 6.07) is -0.381. The molecule has 0 radical (unpaired) electrons. The number of imide groups is 1. The van der Waals surface area contributed by atoms with E-state index >= 15 is 0 Å². The van der Waals surface area contributed by atoms with E-state index in [2.05, 4.69) is 11.9 Å². The van der Waals surface area contributed by atoms with Crippen molar-refractivity contribution >= 4 is 11.9 Å². The van der Waals surface area contributed by atoms with Crippen molar-refractivity contribution in [3.05, 3.63) is 12.8 Å². The van der Waals surface area contributed by atoms with E-state index in [1.165, 1.54) is 6.20 Å². The first kappa shape index (κ1) is 10.8. The SMILES string of the molecule is C=CN1C(=O)N[C@@](C)(CC(C)C)C1=O. The van der Waals surface area contributed by atoms with Crippen LogP contribution in [0.3, 0.4) is 0 Å². The minimum atomic E-state index is -0.764. The normalized spacial score (nSPS) is 27.0. The minimum absolute atomic E-state index is 0.216. The fraction of sp³-hybridized carbons (Fsp3) is 0.600. The Hall–Kier alpha value is -1.32. The van der Waals surface area contributed by atoms with Crippen LogP contribution < -0.4 is 5.32 Å². The number of carbonyl (C=O) groups is 2. The molecule has 0 aromatic carbocycles. The second-order valence-corrected chi connectivity index (χ2v) is 4.22. The molecule has 1 saturated heterocycles. The van der Waals surface area contributed by atoms with Gasteiger partial charge in [-0.3, -0.25) is 4.79 Å². The van der Waals surface area contributed by atoms with Gasteiger partial charge in [0.25, 0.3) is 5.91 Å². The lowest BCUT2D eigenvalue weighted by atomic mass is 9.91. The number of amides is 3. The van der Waals surface area contributed by atoms with Crippen LogP contribution in [-0.2, 0) is 4.79 Å². The van der Waals surface area contributed by atoms with E-state index in [4.69, 9.17) is 0 Å². The maximum atomic E-state index is 11.8. The lowest BCUT2D eigenvalue weighted by Crippen LogP contribution is -2.44. The summed E-state index contributed by atoms with van der Waals surface area (Å²) >= 11 is 0. The van der Waals surface area contributed by atoms with Crippen LogP contribution in [0.15, 0.2) is 12.8 Å². The molecule has 1 heterocycles. The zero-order valence-corrected chi connectivity index (χ0v) is 8.83. The summed E-state index contributed by atoms with van der Waals surface area (Å²) in [7, 11) is 0. The maximum Gasteiger partial charge on any atom is 0.329 e. The molecule has 0 aromatic heterocycles. The summed E-state index contributed by atoms with van der Waals surface area (Å²) in [5, 5.41) is 2.68. The first-order valence-electron chi connectivity index (χ1n) is 4.69. The third kappa shape index (κ3) is 1.64. The molecular weight excluding hydrogens is 180 g/mol. The largest absolute Gasteiger partial charge is 0.329 e. The van der Waals surface area contributed by atoms with Crippen LogP contribution in [0.4, 0.5) is 4.79 Å². The summed E-state index contributed by atoms with van der Waals surface area (Å²) < 4.78 is 0. The van der Waals surface area contributed by atoms with Gasteiger partial charge in [0.05, 0.1) is 0 Å². The molecule has 0 spiro atoms. The smallest absolute Gasteiger partial charge is 0.323 e. The van der Waals surface area contributed by atoms with Crippen molar-refractivity contribution in [3.8, 4) is 0 Å². The number of urea groups is 1. The quantitative estimate of drug-likeness (QED) is 0.695. The van der Waals surface area contributed by atoms with E-state index in [1.807, 2.05) is 13.8 Å². The maximum absolute atomic E-state index is 11.8. The van der Waals surface area contributed by atoms with Gasteiger partial charge >= 0.3 is 6.03 Å². The van der Waals surface area contributed by atoms with Crippen molar-refractivity contribution in [2.24, 2.45) is 5.92 Å². The summed E-state index contributed by atoms with van der Waals surface area (Å²) in [6.07, 6.45) is 1.89. The number of carbonyl (C=O) groups excluding carboxylic acids is 2. The lowest BCUT2D eigenvalue weighted by Gasteiger charge is -2.22. The predicted octanol–water partition coefficient (Wildman–Crippen LogP) is 1.49. The van der Waals surface area contributed by atoms with E-state index < -0.39 is 5.54 Å². The highest BCUT2D eigenvalue weighted by atomic mass is 16.2. The Balaban J connectivity index is 2.88. The van der Waals surface area contributed by atoms with Crippen molar-refractivity contribution in [3.63, 3.8) is 0 Å². The second kappa shape index (κ2) is 3.44. The first-order valence-corrected chi connectivity index (χ1v) is 4.69. The molecule has 0 unspecified atom stereocenters. The zero-order valence-electron chi connectivity index (χ0n) is 8.83. The van der Waals surface area contributed by atoms with Crippen molar-refractivity contribution in [2.45, 2.75) is 32.7 Å². The Morgan fingerprint density at radius 1 is 1.57 bits per heavy atom. The van der Waals surface area contributed by atoms with Gasteiger partial charge in [-0.2, -0.15) is 0 Å². The number of nitrogens with one attached hydrogen (secondary N) is 1. The molecule has 3 amide bonds. The summed E-state index contributed by atoms with van der Waals surface area (Å²) in [5.41, 5.74) is -0.764. The molecule has 1 rings (SSSR count). The molecule has 4 nitrogen and oxygen atoms in total. The van der Waals surface area contributed by atoms with Gasteiger partial charge in [-0.05, 0) is 19.3 Å². The van der Waals surface area contributed by atoms with Gasteiger partial charge in [0.15, 0.2) is 0 Å². The number of rotatable bonds is 3. The van der Waals surface area contributed by atoms with Gasteiger partial charge in [0.2, 0.25) is 0 Å². The minimum Gasteiger partial charge on any atom is -0.323 e. The Bertz CT molecular complexity index is 286. The van der Waals surface area contributed by atoms with Gasteiger partial charge in [-0.1, -0.05) is 20.4 Å². The van der Waals surface area contributed by atoms with Crippen molar-refractivity contribution in [1.29, 1.82) is 0 Å². The fourth-order valence-electron chi connectivity index (χ4n) is 1.83. The van der Waals surface area contributed by atoms with Gasteiger partial charge in [-0.15, -0.1) is 0 Å². The summed E-state index contributed by atoms with van der Waals surface area (Å²) in [5.74, 6) is 0.139. The fourth-order valence-corrected chi connectivity index (χ4v) is 1.83. The van der Waals surface area contributed by atoms with Crippen LogP contribution in [0.2, 0.25) is 0 Å². The highest BCUT2D eigenvalue weighted by Crippen LogP contribution is 2.24. The van der Waals surface area contributed by atoms with Crippen LogP contribution in [0.1, 0.15) is 27.2 Å². The Morgan fingerprint density at radius 2 is 2.14 bits per heavy atom. The summed E-state index contributed by atoms with van der Waals surface area (Å²) in [6.45, 7) is 9.21. The van der Waals surface area contributed by atoms with E-state index in [0.717, 1.165) is 4.90 Å². The van der Waals surface area contributed by atoms with Crippen LogP contribution in [-0.4, -0.2) is 22.4 Å². The summed E-state index contributed by atoms with van der Waals surface area (Å²) in [4.78, 5) is 24.1. The molecule has 1 atom stereocenters. The zero-order chi connectivity index (χ0) is 10.9. The second-order valence-electron chi connectivity index (χ2n) is 4.22. The molecule has 1 fully saturated rings. The van der Waals surface area contributed by atoms with Gasteiger partial charge < -0.3 is 5.32 Å². The van der Waals surface area contributed by atoms with Gasteiger partial charge in [-0.25, -0.2) is 9.69 Å². The molecule has 0 bridgehead atoms. The molecular formula is C10H16N2O2. The highest BCUT2D eigenvalue weighted by Gasteiger charge is 2.46. The highest BCUT2D eigenvalue weighted by molar-refractivity contribution is 6.07. The average molecular weight is 196 g/mol. The molecule has 78 valence electrons. The van der Waals surface area contributed by atoms with Crippen molar-refractivity contribution in [1.82, 2.24) is 10.2 Å². The van der Waals surface area contributed by atoms with Crippen LogP contribution >= 0.6 is 0 Å². The third-order valence-electron chi connectivity index (χ3n) is 2.29. The van der Waals surface area contributed by atoms with Crippen LogP contribution in [0.25, 0.3) is 0 Å². The predicted molar refractivity (Wildman–Crippen MR) is 53.4 cm³/mol. The standard InChI is InChI=1S/C10H16N2O2/c1-5-12-8(13)10(4,6-7(2)3)11-9(12)14/h5,7H,1,6H2,2-4H3,(H,11,14)/t10-/m0/s1. The first-order chi connectivity index (χ1) is 6.40. The van der Waals surface area contributed by atoms with E-state index in [9.17, 15) is 9.59 Å². The molecule has 1 N–H and O–H groups in total. The van der Waals surface area contributed by atoms with Gasteiger partial charge in [0, 0.05) is 6.20 Å².